The van der Waals surface area contributed by atoms with E-state index in [-0.39, 0.29) is 0 Å². The lowest BCUT2D eigenvalue weighted by molar-refractivity contribution is 0.108. The van der Waals surface area contributed by atoms with Gasteiger partial charge in [0.25, 0.3) is 5.24 Å². The molecular formula is C12H8ClNO. The molecule has 0 radical (unpaired) electrons. The van der Waals surface area contributed by atoms with E-state index in [0.717, 1.165) is 11.1 Å². The SMILES string of the molecule is O=C(Cl)c1ccc(-c2cccnc2)cc1. The van der Waals surface area contributed by atoms with Crippen molar-refractivity contribution in [3.8, 4) is 11.1 Å². The fraction of sp³-hybridized carbons (Fsp3) is 0. The second-order valence-corrected chi connectivity index (χ2v) is 3.44. The van der Waals surface area contributed by atoms with Gasteiger partial charge in [0, 0.05) is 18.0 Å². The van der Waals surface area contributed by atoms with Crippen LogP contribution in [-0.4, -0.2) is 10.2 Å². The lowest BCUT2D eigenvalue weighted by Gasteiger charge is -2.00. The Bertz CT molecular complexity index is 465. The molecule has 0 atom stereocenters. The van der Waals surface area contributed by atoms with Crippen molar-refractivity contribution in [1.82, 2.24) is 4.98 Å². The number of rotatable bonds is 2. The largest absolute Gasteiger partial charge is 0.276 e. The first-order chi connectivity index (χ1) is 7.27. The number of nitrogens with zero attached hydrogens (tertiary/aromatic N) is 1. The van der Waals surface area contributed by atoms with Gasteiger partial charge in [-0.3, -0.25) is 9.78 Å². The molecule has 0 spiro atoms. The molecule has 0 amide bonds. The highest BCUT2D eigenvalue weighted by Gasteiger charge is 2.01. The van der Waals surface area contributed by atoms with E-state index in [1.807, 2.05) is 24.3 Å². The minimum Gasteiger partial charge on any atom is -0.276 e. The molecule has 74 valence electrons. The molecule has 1 aromatic carbocycles. The molecule has 3 heteroatoms. The number of halogens is 1. The molecule has 15 heavy (non-hydrogen) atoms. The van der Waals surface area contributed by atoms with E-state index in [9.17, 15) is 4.79 Å². The summed E-state index contributed by atoms with van der Waals surface area (Å²) in [5, 5.41) is -0.437. The quantitative estimate of drug-likeness (QED) is 0.724. The highest BCUT2D eigenvalue weighted by Crippen LogP contribution is 2.18. The van der Waals surface area contributed by atoms with E-state index in [0.29, 0.717) is 5.56 Å². The molecular weight excluding hydrogens is 210 g/mol. The summed E-state index contributed by atoms with van der Waals surface area (Å²) >= 11 is 5.35. The number of hydrogen-bond donors (Lipinski definition) is 0. The van der Waals surface area contributed by atoms with Crippen molar-refractivity contribution in [2.75, 3.05) is 0 Å². The predicted octanol–water partition coefficient (Wildman–Crippen LogP) is 3.13. The van der Waals surface area contributed by atoms with E-state index in [2.05, 4.69) is 4.98 Å². The Morgan fingerprint density at radius 2 is 1.80 bits per heavy atom. The second-order valence-electron chi connectivity index (χ2n) is 3.09. The summed E-state index contributed by atoms with van der Waals surface area (Å²) < 4.78 is 0. The van der Waals surface area contributed by atoms with Crippen LogP contribution in [0.1, 0.15) is 10.4 Å². The lowest BCUT2D eigenvalue weighted by Crippen LogP contribution is -1.87. The summed E-state index contributed by atoms with van der Waals surface area (Å²) in [6.45, 7) is 0. The zero-order chi connectivity index (χ0) is 10.7. The molecule has 2 rings (SSSR count). The first-order valence-corrected chi connectivity index (χ1v) is 4.85. The maximum Gasteiger partial charge on any atom is 0.252 e. The van der Waals surface area contributed by atoms with Gasteiger partial charge in [-0.05, 0) is 40.9 Å². The fourth-order valence-electron chi connectivity index (χ4n) is 1.33. The first kappa shape index (κ1) is 9.87. The average Bonchev–Trinajstić information content (AvgIpc) is 2.30. The van der Waals surface area contributed by atoms with Crippen LogP contribution in [0.2, 0.25) is 0 Å². The number of hydrogen-bond acceptors (Lipinski definition) is 2. The van der Waals surface area contributed by atoms with E-state index < -0.39 is 5.24 Å². The van der Waals surface area contributed by atoms with Crippen LogP contribution in [0.3, 0.4) is 0 Å². The Morgan fingerprint density at radius 3 is 2.33 bits per heavy atom. The van der Waals surface area contributed by atoms with Gasteiger partial charge in [-0.15, -0.1) is 0 Å². The average molecular weight is 218 g/mol. The van der Waals surface area contributed by atoms with Crippen LogP contribution in [-0.2, 0) is 0 Å². The van der Waals surface area contributed by atoms with Crippen LogP contribution in [0.25, 0.3) is 11.1 Å². The zero-order valence-electron chi connectivity index (χ0n) is 7.85. The maximum atomic E-state index is 10.8. The number of aromatic nitrogens is 1. The second kappa shape index (κ2) is 4.24. The number of carbonyl (C=O) groups excluding carboxylic acids is 1. The van der Waals surface area contributed by atoms with Gasteiger partial charge in [0.05, 0.1) is 0 Å². The molecule has 1 aromatic heterocycles. The highest BCUT2D eigenvalue weighted by atomic mass is 35.5. The summed E-state index contributed by atoms with van der Waals surface area (Å²) in [4.78, 5) is 14.9. The summed E-state index contributed by atoms with van der Waals surface area (Å²) in [6.07, 6.45) is 3.50. The van der Waals surface area contributed by atoms with Crippen molar-refractivity contribution in [2.24, 2.45) is 0 Å². The molecule has 2 aromatic rings. The van der Waals surface area contributed by atoms with E-state index in [1.165, 1.54) is 0 Å². The standard InChI is InChI=1S/C12H8ClNO/c13-12(15)10-5-3-9(4-6-10)11-2-1-7-14-8-11/h1-8H. The summed E-state index contributed by atoms with van der Waals surface area (Å²) in [5.74, 6) is 0. The third kappa shape index (κ3) is 2.22. The van der Waals surface area contributed by atoms with Crippen molar-refractivity contribution >= 4 is 16.8 Å². The number of pyridine rings is 1. The first-order valence-electron chi connectivity index (χ1n) is 4.47. The van der Waals surface area contributed by atoms with Crippen molar-refractivity contribution in [2.45, 2.75) is 0 Å². The zero-order valence-corrected chi connectivity index (χ0v) is 8.61. The topological polar surface area (TPSA) is 30.0 Å². The van der Waals surface area contributed by atoms with Gasteiger partial charge in [-0.25, -0.2) is 0 Å². The number of carbonyl (C=O) groups is 1. The Labute approximate surface area is 92.5 Å². The molecule has 0 unspecified atom stereocenters. The Balaban J connectivity index is 2.36. The summed E-state index contributed by atoms with van der Waals surface area (Å²) in [6, 6.07) is 11.0. The fourth-order valence-corrected chi connectivity index (χ4v) is 1.45. The summed E-state index contributed by atoms with van der Waals surface area (Å²) in [5.41, 5.74) is 2.54. The molecule has 0 fully saturated rings. The third-order valence-corrected chi connectivity index (χ3v) is 2.32. The number of benzene rings is 1. The molecule has 2 nitrogen and oxygen atoms in total. The minimum atomic E-state index is -0.437. The van der Waals surface area contributed by atoms with Crippen LogP contribution in [0.4, 0.5) is 0 Å². The normalized spacial score (nSPS) is 9.93. The van der Waals surface area contributed by atoms with E-state index >= 15 is 0 Å². The summed E-state index contributed by atoms with van der Waals surface area (Å²) in [7, 11) is 0. The molecule has 0 aliphatic rings. The van der Waals surface area contributed by atoms with E-state index in [4.69, 9.17) is 11.6 Å². The van der Waals surface area contributed by atoms with Gasteiger partial charge < -0.3 is 0 Å². The van der Waals surface area contributed by atoms with Gasteiger partial charge >= 0.3 is 0 Å². The highest BCUT2D eigenvalue weighted by molar-refractivity contribution is 6.67. The molecule has 0 saturated heterocycles. The monoisotopic (exact) mass is 217 g/mol. The van der Waals surface area contributed by atoms with Crippen LogP contribution < -0.4 is 0 Å². The van der Waals surface area contributed by atoms with Gasteiger partial charge in [0.2, 0.25) is 0 Å². The molecule has 0 aliphatic carbocycles. The predicted molar refractivity (Wildman–Crippen MR) is 59.9 cm³/mol. The van der Waals surface area contributed by atoms with Crippen LogP contribution in [0.5, 0.6) is 0 Å². The van der Waals surface area contributed by atoms with Gasteiger partial charge in [0.15, 0.2) is 0 Å². The van der Waals surface area contributed by atoms with Gasteiger partial charge in [-0.2, -0.15) is 0 Å². The van der Waals surface area contributed by atoms with Crippen LogP contribution in [0, 0.1) is 0 Å². The molecule has 0 N–H and O–H groups in total. The van der Waals surface area contributed by atoms with Crippen molar-refractivity contribution in [3.63, 3.8) is 0 Å². The van der Waals surface area contributed by atoms with Gasteiger partial charge in [0.1, 0.15) is 0 Å². The lowest BCUT2D eigenvalue weighted by atomic mass is 10.1. The maximum absolute atomic E-state index is 10.8. The Kier molecular flexibility index (Phi) is 2.79. The smallest absolute Gasteiger partial charge is 0.252 e. The van der Waals surface area contributed by atoms with E-state index in [1.54, 1.807) is 24.5 Å². The Hall–Kier alpha value is -1.67. The molecule has 0 aliphatic heterocycles. The van der Waals surface area contributed by atoms with Crippen molar-refractivity contribution < 1.29 is 4.79 Å². The minimum absolute atomic E-state index is 0.437. The van der Waals surface area contributed by atoms with Crippen molar-refractivity contribution in [3.05, 3.63) is 54.4 Å². The molecule has 0 bridgehead atoms. The molecule has 1 heterocycles. The van der Waals surface area contributed by atoms with Crippen LogP contribution >= 0.6 is 11.6 Å². The third-order valence-electron chi connectivity index (χ3n) is 2.11. The molecule has 0 saturated carbocycles. The Morgan fingerprint density at radius 1 is 1.07 bits per heavy atom. The van der Waals surface area contributed by atoms with Gasteiger partial charge in [-0.1, -0.05) is 18.2 Å². The van der Waals surface area contributed by atoms with Crippen LogP contribution in [0.15, 0.2) is 48.8 Å². The van der Waals surface area contributed by atoms with Crippen molar-refractivity contribution in [1.29, 1.82) is 0 Å².